The first-order valence-electron chi connectivity index (χ1n) is 6.51. The number of hydrogen-bond acceptors (Lipinski definition) is 2. The molecule has 0 bridgehead atoms. The van der Waals surface area contributed by atoms with Crippen molar-refractivity contribution in [2.24, 2.45) is 0 Å². The molecule has 0 saturated heterocycles. The summed E-state index contributed by atoms with van der Waals surface area (Å²) in [7, 11) is 0. The van der Waals surface area contributed by atoms with Crippen molar-refractivity contribution in [3.05, 3.63) is 12.2 Å². The van der Waals surface area contributed by atoms with Gasteiger partial charge in [-0.15, -0.1) is 0 Å². The van der Waals surface area contributed by atoms with E-state index in [0.717, 1.165) is 25.7 Å². The summed E-state index contributed by atoms with van der Waals surface area (Å²) < 4.78 is 0. The monoisotopic (exact) mass is 254 g/mol. The van der Waals surface area contributed by atoms with E-state index in [9.17, 15) is 14.7 Å². The van der Waals surface area contributed by atoms with Crippen molar-refractivity contribution in [1.82, 2.24) is 10.6 Å². The number of nitrogens with one attached hydrogen (secondary N) is 2. The molecule has 0 spiro atoms. The molecule has 0 radical (unpaired) electrons. The Labute approximate surface area is 108 Å². The fourth-order valence-corrected chi connectivity index (χ4v) is 2.24. The number of urea groups is 1. The summed E-state index contributed by atoms with van der Waals surface area (Å²) in [6, 6.07) is -0.385. The minimum Gasteiger partial charge on any atom is -0.480 e. The Hall–Kier alpha value is -1.52. The van der Waals surface area contributed by atoms with E-state index in [0.29, 0.717) is 19.4 Å². The third-order valence-corrected chi connectivity index (χ3v) is 3.30. The second kappa shape index (κ2) is 7.03. The van der Waals surface area contributed by atoms with Gasteiger partial charge in [0, 0.05) is 6.54 Å². The molecular formula is C13H22N2O3. The number of aliphatic carboxylic acids is 1. The zero-order valence-electron chi connectivity index (χ0n) is 10.9. The smallest absolute Gasteiger partial charge is 0.329 e. The molecule has 0 aromatic heterocycles. The van der Waals surface area contributed by atoms with Crippen molar-refractivity contribution in [3.63, 3.8) is 0 Å². The minimum atomic E-state index is -1.07. The molecule has 0 aliphatic heterocycles. The molecule has 1 saturated carbocycles. The van der Waals surface area contributed by atoms with Crippen LogP contribution >= 0.6 is 0 Å². The lowest BCUT2D eigenvalue weighted by Crippen LogP contribution is -2.58. The van der Waals surface area contributed by atoms with Crippen LogP contribution in [0.15, 0.2) is 12.2 Å². The summed E-state index contributed by atoms with van der Waals surface area (Å²) in [5, 5.41) is 14.6. The molecule has 1 aliphatic rings. The summed E-state index contributed by atoms with van der Waals surface area (Å²) in [6.07, 6.45) is 8.41. The molecule has 3 N–H and O–H groups in total. The van der Waals surface area contributed by atoms with E-state index in [4.69, 9.17) is 0 Å². The van der Waals surface area contributed by atoms with Gasteiger partial charge in [0.2, 0.25) is 0 Å². The molecule has 2 amide bonds. The third-order valence-electron chi connectivity index (χ3n) is 3.30. The quantitative estimate of drug-likeness (QED) is 0.519. The highest BCUT2D eigenvalue weighted by molar-refractivity contribution is 5.86. The molecule has 5 nitrogen and oxygen atoms in total. The highest BCUT2D eigenvalue weighted by Crippen LogP contribution is 2.28. The van der Waals surface area contributed by atoms with Gasteiger partial charge in [-0.1, -0.05) is 31.4 Å². The summed E-state index contributed by atoms with van der Waals surface area (Å²) >= 11 is 0. The molecule has 1 aliphatic carbocycles. The normalized spacial score (nSPS) is 18.5. The van der Waals surface area contributed by atoms with Crippen LogP contribution in [0.2, 0.25) is 0 Å². The first-order valence-corrected chi connectivity index (χ1v) is 6.51. The molecule has 0 aromatic rings. The molecule has 102 valence electrons. The average Bonchev–Trinajstić information content (AvgIpc) is 2.35. The van der Waals surface area contributed by atoms with Gasteiger partial charge in [-0.2, -0.15) is 0 Å². The number of carboxylic acid groups (broad SMARTS) is 1. The predicted molar refractivity (Wildman–Crippen MR) is 69.4 cm³/mol. The van der Waals surface area contributed by atoms with Crippen LogP contribution in [0.5, 0.6) is 0 Å². The molecular weight excluding hydrogens is 232 g/mol. The van der Waals surface area contributed by atoms with Gasteiger partial charge in [-0.3, -0.25) is 0 Å². The maximum absolute atomic E-state index is 11.7. The largest absolute Gasteiger partial charge is 0.480 e. The van der Waals surface area contributed by atoms with Gasteiger partial charge in [-0.05, 0) is 26.2 Å². The van der Waals surface area contributed by atoms with Gasteiger partial charge >= 0.3 is 12.0 Å². The Morgan fingerprint density at radius 1 is 1.28 bits per heavy atom. The van der Waals surface area contributed by atoms with Crippen molar-refractivity contribution in [2.75, 3.05) is 6.54 Å². The second-order valence-electron chi connectivity index (χ2n) is 4.69. The molecule has 1 fully saturated rings. The lowest BCUT2D eigenvalue weighted by Gasteiger charge is -2.33. The van der Waals surface area contributed by atoms with E-state index in [-0.39, 0.29) is 6.03 Å². The number of amides is 2. The van der Waals surface area contributed by atoms with Crippen LogP contribution in [0.1, 0.15) is 45.4 Å². The van der Waals surface area contributed by atoms with Gasteiger partial charge in [0.25, 0.3) is 0 Å². The SMILES string of the molecule is C/C=C/CCNC(=O)NC1(C(=O)O)CCCCC1. The average molecular weight is 254 g/mol. The predicted octanol–water partition coefficient (Wildman–Crippen LogP) is 2.04. The van der Waals surface area contributed by atoms with Gasteiger partial charge in [-0.25, -0.2) is 9.59 Å². The number of rotatable bonds is 5. The van der Waals surface area contributed by atoms with E-state index in [1.54, 1.807) is 0 Å². The number of carbonyl (C=O) groups excluding carboxylic acids is 1. The molecule has 18 heavy (non-hydrogen) atoms. The number of carboxylic acids is 1. The van der Waals surface area contributed by atoms with E-state index >= 15 is 0 Å². The van der Waals surface area contributed by atoms with Gasteiger partial charge in [0.15, 0.2) is 0 Å². The lowest BCUT2D eigenvalue weighted by atomic mass is 9.82. The van der Waals surface area contributed by atoms with E-state index in [1.165, 1.54) is 0 Å². The van der Waals surface area contributed by atoms with Crippen molar-refractivity contribution in [1.29, 1.82) is 0 Å². The summed E-state index contributed by atoms with van der Waals surface area (Å²) in [5.41, 5.74) is -1.07. The van der Waals surface area contributed by atoms with E-state index < -0.39 is 11.5 Å². The second-order valence-corrected chi connectivity index (χ2v) is 4.69. The van der Waals surface area contributed by atoms with Crippen molar-refractivity contribution < 1.29 is 14.7 Å². The van der Waals surface area contributed by atoms with Crippen molar-refractivity contribution >= 4 is 12.0 Å². The molecule has 0 heterocycles. The third kappa shape index (κ3) is 4.05. The number of allylic oxidation sites excluding steroid dienone is 1. The van der Waals surface area contributed by atoms with Gasteiger partial charge in [0.05, 0.1) is 0 Å². The fourth-order valence-electron chi connectivity index (χ4n) is 2.24. The maximum atomic E-state index is 11.7. The lowest BCUT2D eigenvalue weighted by molar-refractivity contribution is -0.145. The van der Waals surface area contributed by atoms with Gasteiger partial charge in [0.1, 0.15) is 5.54 Å². The zero-order valence-corrected chi connectivity index (χ0v) is 10.9. The Balaban J connectivity index is 2.45. The highest BCUT2D eigenvalue weighted by atomic mass is 16.4. The maximum Gasteiger partial charge on any atom is 0.329 e. The van der Waals surface area contributed by atoms with Crippen LogP contribution in [0.25, 0.3) is 0 Å². The topological polar surface area (TPSA) is 78.4 Å². The summed E-state index contributed by atoms with van der Waals surface area (Å²) in [6.45, 7) is 2.44. The summed E-state index contributed by atoms with van der Waals surface area (Å²) in [4.78, 5) is 23.0. The van der Waals surface area contributed by atoms with Crippen LogP contribution in [0.3, 0.4) is 0 Å². The van der Waals surface area contributed by atoms with Crippen molar-refractivity contribution in [2.45, 2.75) is 51.0 Å². The number of hydrogen-bond donors (Lipinski definition) is 3. The minimum absolute atomic E-state index is 0.385. The Kier molecular flexibility index (Phi) is 5.68. The number of carbonyl (C=O) groups is 2. The standard InChI is InChI=1S/C13H22N2O3/c1-2-3-7-10-14-12(18)15-13(11(16)17)8-5-4-6-9-13/h2-3H,4-10H2,1H3,(H,16,17)(H2,14,15,18)/b3-2+. The molecule has 0 aromatic carbocycles. The molecule has 0 unspecified atom stereocenters. The van der Waals surface area contributed by atoms with Crippen LogP contribution in [-0.2, 0) is 4.79 Å². The highest BCUT2D eigenvalue weighted by Gasteiger charge is 2.40. The first kappa shape index (κ1) is 14.5. The zero-order chi connectivity index (χ0) is 13.4. The summed E-state index contributed by atoms with van der Waals surface area (Å²) in [5.74, 6) is -0.925. The Morgan fingerprint density at radius 3 is 2.50 bits per heavy atom. The van der Waals surface area contributed by atoms with Crippen LogP contribution < -0.4 is 10.6 Å². The van der Waals surface area contributed by atoms with Crippen molar-refractivity contribution in [3.8, 4) is 0 Å². The Morgan fingerprint density at radius 2 is 1.94 bits per heavy atom. The molecule has 0 atom stereocenters. The fraction of sp³-hybridized carbons (Fsp3) is 0.692. The van der Waals surface area contributed by atoms with E-state index in [1.807, 2.05) is 19.1 Å². The first-order chi connectivity index (χ1) is 8.60. The Bertz CT molecular complexity index is 320. The van der Waals surface area contributed by atoms with Crippen LogP contribution in [-0.4, -0.2) is 29.2 Å². The molecule has 1 rings (SSSR count). The molecule has 5 heteroatoms. The van der Waals surface area contributed by atoms with Crippen LogP contribution in [0, 0.1) is 0 Å². The van der Waals surface area contributed by atoms with Crippen LogP contribution in [0.4, 0.5) is 4.79 Å². The van der Waals surface area contributed by atoms with E-state index in [2.05, 4.69) is 10.6 Å². The van der Waals surface area contributed by atoms with Gasteiger partial charge < -0.3 is 15.7 Å².